The third-order valence-corrected chi connectivity index (χ3v) is 4.38. The van der Waals surface area contributed by atoms with Gasteiger partial charge in [0.05, 0.1) is 25.2 Å². The highest BCUT2D eigenvalue weighted by Gasteiger charge is 2.16. The summed E-state index contributed by atoms with van der Waals surface area (Å²) in [7, 11) is 1.69. The van der Waals surface area contributed by atoms with Crippen molar-refractivity contribution < 1.29 is 4.74 Å². The molecule has 3 nitrogen and oxygen atoms in total. The van der Waals surface area contributed by atoms with E-state index in [0.717, 1.165) is 34.3 Å². The normalized spacial score (nSPS) is 10.9. The Hall–Kier alpha value is -1.00. The molecule has 0 radical (unpaired) electrons. The number of aromatic nitrogens is 2. The lowest BCUT2D eigenvalue weighted by atomic mass is 10.1. The topological polar surface area (TPSA) is 27.1 Å². The van der Waals surface area contributed by atoms with E-state index in [4.69, 9.17) is 21.4 Å². The Balaban J connectivity index is 2.44. The van der Waals surface area contributed by atoms with Crippen molar-refractivity contribution in [3.63, 3.8) is 0 Å². The van der Waals surface area contributed by atoms with E-state index in [2.05, 4.69) is 40.5 Å². The van der Waals surface area contributed by atoms with E-state index in [1.807, 2.05) is 12.1 Å². The molecule has 1 heterocycles. The molecular weight excluding hydrogens is 352 g/mol. The molecule has 0 aliphatic carbocycles. The molecule has 1 aromatic carbocycles. The summed E-state index contributed by atoms with van der Waals surface area (Å²) in [5.74, 6) is 1.39. The predicted molar refractivity (Wildman–Crippen MR) is 90.3 cm³/mol. The summed E-state index contributed by atoms with van der Waals surface area (Å²) in [6.45, 7) is 4.94. The Kier molecular flexibility index (Phi) is 5.71. The molecule has 2 rings (SSSR count). The molecule has 0 N–H and O–H groups in total. The van der Waals surface area contributed by atoms with E-state index in [-0.39, 0.29) is 0 Å². The van der Waals surface area contributed by atoms with Gasteiger partial charge in [-0.3, -0.25) is 4.68 Å². The van der Waals surface area contributed by atoms with Crippen LogP contribution in [0.15, 0.2) is 22.7 Å². The summed E-state index contributed by atoms with van der Waals surface area (Å²) in [4.78, 5) is 0. The maximum atomic E-state index is 6.11. The molecule has 0 saturated carbocycles. The Labute approximate surface area is 139 Å². The van der Waals surface area contributed by atoms with Gasteiger partial charge in [0.25, 0.3) is 0 Å². The minimum Gasteiger partial charge on any atom is -0.496 e. The second-order valence-electron chi connectivity index (χ2n) is 4.83. The van der Waals surface area contributed by atoms with Gasteiger partial charge in [0.1, 0.15) is 5.75 Å². The third-order valence-electron chi connectivity index (χ3n) is 3.62. The van der Waals surface area contributed by atoms with Gasteiger partial charge in [0.2, 0.25) is 0 Å². The zero-order valence-corrected chi connectivity index (χ0v) is 15.0. The molecule has 0 fully saturated rings. The van der Waals surface area contributed by atoms with Gasteiger partial charge < -0.3 is 4.74 Å². The zero-order chi connectivity index (χ0) is 15.4. The van der Waals surface area contributed by atoms with Crippen LogP contribution in [-0.4, -0.2) is 16.9 Å². The van der Waals surface area contributed by atoms with Crippen molar-refractivity contribution in [2.75, 3.05) is 7.11 Å². The quantitative estimate of drug-likeness (QED) is 0.696. The second kappa shape index (κ2) is 7.32. The zero-order valence-electron chi connectivity index (χ0n) is 12.6. The fourth-order valence-electron chi connectivity index (χ4n) is 2.59. The summed E-state index contributed by atoms with van der Waals surface area (Å²) >= 11 is 9.62. The average molecular weight is 372 g/mol. The van der Waals surface area contributed by atoms with E-state index in [9.17, 15) is 0 Å². The fourth-order valence-corrected chi connectivity index (χ4v) is 3.30. The van der Waals surface area contributed by atoms with E-state index >= 15 is 0 Å². The molecule has 0 bridgehead atoms. The standard InChI is InChI=1S/C16H20BrClN2O/c1-4-14-13(9-18)15(5-2)20(19-14)10-11-8-12(17)6-7-16(11)21-3/h6-8H,4-5,9-10H2,1-3H3. The van der Waals surface area contributed by atoms with Crippen molar-refractivity contribution in [1.29, 1.82) is 0 Å². The Morgan fingerprint density at radius 2 is 2.05 bits per heavy atom. The first kappa shape index (κ1) is 16.4. The van der Waals surface area contributed by atoms with Crippen molar-refractivity contribution in [2.24, 2.45) is 0 Å². The average Bonchev–Trinajstić information content (AvgIpc) is 2.84. The molecule has 114 valence electrons. The van der Waals surface area contributed by atoms with E-state index in [1.54, 1.807) is 7.11 Å². The van der Waals surface area contributed by atoms with Gasteiger partial charge in [-0.1, -0.05) is 29.8 Å². The third kappa shape index (κ3) is 3.43. The molecule has 1 aromatic heterocycles. The number of methoxy groups -OCH3 is 1. The van der Waals surface area contributed by atoms with Crippen LogP contribution in [0.25, 0.3) is 0 Å². The van der Waals surface area contributed by atoms with E-state index in [1.165, 1.54) is 11.3 Å². The monoisotopic (exact) mass is 370 g/mol. The lowest BCUT2D eigenvalue weighted by Crippen LogP contribution is -2.08. The molecular formula is C16H20BrClN2O. The van der Waals surface area contributed by atoms with Gasteiger partial charge >= 0.3 is 0 Å². The van der Waals surface area contributed by atoms with Crippen LogP contribution in [0.3, 0.4) is 0 Å². The molecule has 2 aromatic rings. The van der Waals surface area contributed by atoms with E-state index < -0.39 is 0 Å². The largest absolute Gasteiger partial charge is 0.496 e. The summed E-state index contributed by atoms with van der Waals surface area (Å²) in [5, 5.41) is 4.73. The number of aryl methyl sites for hydroxylation is 1. The lowest BCUT2D eigenvalue weighted by molar-refractivity contribution is 0.407. The van der Waals surface area contributed by atoms with Crippen LogP contribution in [0, 0.1) is 0 Å². The van der Waals surface area contributed by atoms with Crippen LogP contribution in [0.4, 0.5) is 0 Å². The number of hydrogen-bond donors (Lipinski definition) is 0. The number of nitrogens with zero attached hydrogens (tertiary/aromatic N) is 2. The highest BCUT2D eigenvalue weighted by atomic mass is 79.9. The molecule has 0 atom stereocenters. The number of benzene rings is 1. The van der Waals surface area contributed by atoms with Crippen LogP contribution in [0.1, 0.15) is 36.4 Å². The van der Waals surface area contributed by atoms with Crippen molar-refractivity contribution in [2.45, 2.75) is 39.1 Å². The van der Waals surface area contributed by atoms with Gasteiger partial charge in [0.15, 0.2) is 0 Å². The summed E-state index contributed by atoms with van der Waals surface area (Å²) < 4.78 is 8.54. The summed E-state index contributed by atoms with van der Waals surface area (Å²) in [5.41, 5.74) is 4.59. The highest BCUT2D eigenvalue weighted by Crippen LogP contribution is 2.26. The van der Waals surface area contributed by atoms with Gasteiger partial charge in [-0.25, -0.2) is 0 Å². The molecule has 0 aliphatic rings. The van der Waals surface area contributed by atoms with Crippen molar-refractivity contribution >= 4 is 27.5 Å². The number of alkyl halides is 1. The Morgan fingerprint density at radius 1 is 1.29 bits per heavy atom. The van der Waals surface area contributed by atoms with Crippen LogP contribution in [-0.2, 0) is 25.3 Å². The van der Waals surface area contributed by atoms with Crippen LogP contribution in [0.5, 0.6) is 5.75 Å². The number of hydrogen-bond acceptors (Lipinski definition) is 2. The first-order valence-electron chi connectivity index (χ1n) is 7.10. The molecule has 0 amide bonds. The minimum atomic E-state index is 0.516. The molecule has 5 heteroatoms. The lowest BCUT2D eigenvalue weighted by Gasteiger charge is -2.11. The molecule has 0 saturated heterocycles. The Morgan fingerprint density at radius 3 is 2.62 bits per heavy atom. The van der Waals surface area contributed by atoms with Gasteiger partial charge in [-0.05, 0) is 31.0 Å². The van der Waals surface area contributed by atoms with E-state index in [0.29, 0.717) is 12.4 Å². The predicted octanol–water partition coefficient (Wildman–Crippen LogP) is 4.57. The summed E-state index contributed by atoms with van der Waals surface area (Å²) in [6.07, 6.45) is 1.82. The van der Waals surface area contributed by atoms with Crippen LogP contribution >= 0.6 is 27.5 Å². The highest BCUT2D eigenvalue weighted by molar-refractivity contribution is 9.10. The fraction of sp³-hybridized carbons (Fsp3) is 0.438. The SMILES string of the molecule is CCc1nn(Cc2cc(Br)ccc2OC)c(CC)c1CCl. The molecule has 0 unspecified atom stereocenters. The van der Waals surface area contributed by atoms with Crippen LogP contribution in [0.2, 0.25) is 0 Å². The Bertz CT molecular complexity index is 625. The van der Waals surface area contributed by atoms with Crippen molar-refractivity contribution in [3.8, 4) is 5.75 Å². The smallest absolute Gasteiger partial charge is 0.124 e. The number of halogens is 2. The van der Waals surface area contributed by atoms with Crippen molar-refractivity contribution in [3.05, 3.63) is 45.2 Å². The van der Waals surface area contributed by atoms with Crippen molar-refractivity contribution in [1.82, 2.24) is 9.78 Å². The number of rotatable bonds is 6. The second-order valence-corrected chi connectivity index (χ2v) is 6.01. The van der Waals surface area contributed by atoms with Gasteiger partial charge in [0, 0.05) is 21.3 Å². The van der Waals surface area contributed by atoms with Gasteiger partial charge in [-0.15, -0.1) is 11.6 Å². The maximum Gasteiger partial charge on any atom is 0.124 e. The minimum absolute atomic E-state index is 0.516. The first-order chi connectivity index (χ1) is 10.1. The number of ether oxygens (including phenoxy) is 1. The first-order valence-corrected chi connectivity index (χ1v) is 8.43. The molecule has 0 spiro atoms. The maximum absolute atomic E-state index is 6.11. The van der Waals surface area contributed by atoms with Crippen LogP contribution < -0.4 is 4.74 Å². The molecule has 21 heavy (non-hydrogen) atoms. The summed E-state index contributed by atoms with van der Waals surface area (Å²) in [6, 6.07) is 6.03. The van der Waals surface area contributed by atoms with Gasteiger partial charge in [-0.2, -0.15) is 5.10 Å². The molecule has 0 aliphatic heterocycles.